The molecule has 120 valence electrons. The van der Waals surface area contributed by atoms with Crippen LogP contribution in [0.15, 0.2) is 53.4 Å². The predicted octanol–water partition coefficient (Wildman–Crippen LogP) is 2.78. The molecule has 0 aliphatic carbocycles. The maximum absolute atomic E-state index is 12.3. The highest BCUT2D eigenvalue weighted by Crippen LogP contribution is 2.17. The van der Waals surface area contributed by atoms with Gasteiger partial charge in [0.1, 0.15) is 5.82 Å². The standard InChI is InChI=1S/C17H19N3O2S/c1-13-19-16-10-9-15(12-17(16)20-13)23(21,22)18-11-5-8-14-6-3-2-4-7-14/h2-4,6-7,9-10,12,18H,5,8,11H2,1H3,(H,19,20). The van der Waals surface area contributed by atoms with Crippen molar-refractivity contribution in [1.82, 2.24) is 14.7 Å². The summed E-state index contributed by atoms with van der Waals surface area (Å²) in [5, 5.41) is 0. The van der Waals surface area contributed by atoms with Crippen LogP contribution < -0.4 is 4.72 Å². The number of hydrogen-bond donors (Lipinski definition) is 2. The minimum atomic E-state index is -3.49. The molecule has 0 atom stereocenters. The third kappa shape index (κ3) is 3.78. The lowest BCUT2D eigenvalue weighted by Crippen LogP contribution is -2.25. The highest BCUT2D eigenvalue weighted by Gasteiger charge is 2.14. The lowest BCUT2D eigenvalue weighted by Gasteiger charge is -2.07. The molecule has 0 aliphatic heterocycles. The highest BCUT2D eigenvalue weighted by molar-refractivity contribution is 7.89. The molecular formula is C17H19N3O2S. The Hall–Kier alpha value is -2.18. The van der Waals surface area contributed by atoms with Gasteiger partial charge in [0.15, 0.2) is 0 Å². The number of aromatic nitrogens is 2. The molecule has 6 heteroatoms. The van der Waals surface area contributed by atoms with E-state index in [4.69, 9.17) is 0 Å². The zero-order valence-corrected chi connectivity index (χ0v) is 13.7. The zero-order valence-electron chi connectivity index (χ0n) is 12.9. The Morgan fingerprint density at radius 2 is 1.91 bits per heavy atom. The molecule has 0 bridgehead atoms. The molecule has 1 aromatic heterocycles. The van der Waals surface area contributed by atoms with Crippen LogP contribution in [0.3, 0.4) is 0 Å². The SMILES string of the molecule is Cc1nc2ccc(S(=O)(=O)NCCCc3ccccc3)cc2[nH]1. The van der Waals surface area contributed by atoms with E-state index in [1.54, 1.807) is 18.2 Å². The maximum Gasteiger partial charge on any atom is 0.240 e. The summed E-state index contributed by atoms with van der Waals surface area (Å²) in [6, 6.07) is 15.0. The van der Waals surface area contributed by atoms with Crippen molar-refractivity contribution >= 4 is 21.1 Å². The van der Waals surface area contributed by atoms with Gasteiger partial charge >= 0.3 is 0 Å². The molecule has 2 aromatic carbocycles. The molecule has 2 N–H and O–H groups in total. The lowest BCUT2D eigenvalue weighted by atomic mass is 10.1. The molecule has 1 heterocycles. The van der Waals surface area contributed by atoms with Gasteiger partial charge < -0.3 is 4.98 Å². The first-order chi connectivity index (χ1) is 11.0. The van der Waals surface area contributed by atoms with E-state index in [0.29, 0.717) is 6.54 Å². The van der Waals surface area contributed by atoms with E-state index in [1.807, 2.05) is 37.3 Å². The van der Waals surface area contributed by atoms with E-state index in [-0.39, 0.29) is 4.90 Å². The van der Waals surface area contributed by atoms with Crippen molar-refractivity contribution in [2.24, 2.45) is 0 Å². The normalized spacial score (nSPS) is 11.9. The van der Waals surface area contributed by atoms with Gasteiger partial charge in [-0.2, -0.15) is 0 Å². The third-order valence-corrected chi connectivity index (χ3v) is 5.12. The Bertz CT molecular complexity index is 902. The summed E-state index contributed by atoms with van der Waals surface area (Å²) in [7, 11) is -3.49. The minimum Gasteiger partial charge on any atom is -0.342 e. The molecule has 3 aromatic rings. The summed E-state index contributed by atoms with van der Waals surface area (Å²) in [5.41, 5.74) is 2.71. The van der Waals surface area contributed by atoms with Crippen LogP contribution in [0.2, 0.25) is 0 Å². The van der Waals surface area contributed by atoms with Crippen molar-refractivity contribution in [3.8, 4) is 0 Å². The van der Waals surface area contributed by atoms with Crippen LogP contribution in [-0.2, 0) is 16.4 Å². The second-order valence-corrected chi connectivity index (χ2v) is 7.26. The van der Waals surface area contributed by atoms with Crippen molar-refractivity contribution in [3.63, 3.8) is 0 Å². The van der Waals surface area contributed by atoms with Crippen molar-refractivity contribution in [2.45, 2.75) is 24.7 Å². The number of sulfonamides is 1. The van der Waals surface area contributed by atoms with Crippen molar-refractivity contribution in [1.29, 1.82) is 0 Å². The number of imidazole rings is 1. The molecular weight excluding hydrogens is 310 g/mol. The van der Waals surface area contributed by atoms with Crippen LogP contribution in [-0.4, -0.2) is 24.9 Å². The van der Waals surface area contributed by atoms with Crippen molar-refractivity contribution < 1.29 is 8.42 Å². The minimum absolute atomic E-state index is 0.258. The second kappa shape index (κ2) is 6.52. The molecule has 0 fully saturated rings. The monoisotopic (exact) mass is 329 g/mol. The topological polar surface area (TPSA) is 74.8 Å². The van der Waals surface area contributed by atoms with E-state index in [1.165, 1.54) is 5.56 Å². The molecule has 0 saturated heterocycles. The number of rotatable bonds is 6. The molecule has 0 saturated carbocycles. The average molecular weight is 329 g/mol. The Balaban J connectivity index is 1.63. The van der Waals surface area contributed by atoms with E-state index in [2.05, 4.69) is 14.7 Å². The molecule has 5 nitrogen and oxygen atoms in total. The Kier molecular flexibility index (Phi) is 4.45. The summed E-state index contributed by atoms with van der Waals surface area (Å²) in [6.45, 7) is 2.26. The summed E-state index contributed by atoms with van der Waals surface area (Å²) in [6.07, 6.45) is 1.61. The maximum atomic E-state index is 12.3. The van der Waals surface area contributed by atoms with Crippen molar-refractivity contribution in [2.75, 3.05) is 6.54 Å². The summed E-state index contributed by atoms with van der Waals surface area (Å²) >= 11 is 0. The number of H-pyrrole nitrogens is 1. The lowest BCUT2D eigenvalue weighted by molar-refractivity contribution is 0.579. The van der Waals surface area contributed by atoms with E-state index in [9.17, 15) is 8.42 Å². The van der Waals surface area contributed by atoms with Gasteiger partial charge in [-0.1, -0.05) is 30.3 Å². The molecule has 23 heavy (non-hydrogen) atoms. The summed E-state index contributed by atoms with van der Waals surface area (Å²) in [4.78, 5) is 7.59. The van der Waals surface area contributed by atoms with Crippen LogP contribution in [0.4, 0.5) is 0 Å². The van der Waals surface area contributed by atoms with E-state index in [0.717, 1.165) is 29.7 Å². The fourth-order valence-electron chi connectivity index (χ4n) is 2.51. The number of hydrogen-bond acceptors (Lipinski definition) is 3. The Morgan fingerprint density at radius 3 is 2.70 bits per heavy atom. The highest BCUT2D eigenvalue weighted by atomic mass is 32.2. The molecule has 0 unspecified atom stereocenters. The third-order valence-electron chi connectivity index (χ3n) is 3.66. The van der Waals surface area contributed by atoms with Gasteiger partial charge in [0.25, 0.3) is 0 Å². The first-order valence-corrected chi connectivity index (χ1v) is 9.03. The number of fused-ring (bicyclic) bond motifs is 1. The molecule has 0 amide bonds. The van der Waals surface area contributed by atoms with Crippen molar-refractivity contribution in [3.05, 3.63) is 59.9 Å². The average Bonchev–Trinajstić information content (AvgIpc) is 2.92. The van der Waals surface area contributed by atoms with Crippen LogP contribution >= 0.6 is 0 Å². The van der Waals surface area contributed by atoms with E-state index >= 15 is 0 Å². The quantitative estimate of drug-likeness (QED) is 0.683. The summed E-state index contributed by atoms with van der Waals surface area (Å²) < 4.78 is 27.4. The fourth-order valence-corrected chi connectivity index (χ4v) is 3.61. The van der Waals surface area contributed by atoms with E-state index < -0.39 is 10.0 Å². The summed E-state index contributed by atoms with van der Waals surface area (Å²) in [5.74, 6) is 0.769. The largest absolute Gasteiger partial charge is 0.342 e. The number of benzene rings is 2. The number of nitrogens with zero attached hydrogens (tertiary/aromatic N) is 1. The van der Waals surface area contributed by atoms with Crippen LogP contribution in [0.25, 0.3) is 11.0 Å². The second-order valence-electron chi connectivity index (χ2n) is 5.49. The van der Waals surface area contributed by atoms with Gasteiger partial charge in [-0.25, -0.2) is 18.1 Å². The molecule has 0 aliphatic rings. The van der Waals surface area contributed by atoms with Crippen LogP contribution in [0, 0.1) is 6.92 Å². The Labute approximate surface area is 135 Å². The molecule has 0 spiro atoms. The van der Waals surface area contributed by atoms with Gasteiger partial charge in [0.2, 0.25) is 10.0 Å². The van der Waals surface area contributed by atoms with Gasteiger partial charge in [0.05, 0.1) is 15.9 Å². The van der Waals surface area contributed by atoms with Gasteiger partial charge in [-0.3, -0.25) is 0 Å². The number of aryl methyl sites for hydroxylation is 2. The predicted molar refractivity (Wildman–Crippen MR) is 90.8 cm³/mol. The molecule has 3 rings (SSSR count). The number of nitrogens with one attached hydrogen (secondary N) is 2. The smallest absolute Gasteiger partial charge is 0.240 e. The van der Waals surface area contributed by atoms with Crippen LogP contribution in [0.5, 0.6) is 0 Å². The fraction of sp³-hybridized carbons (Fsp3) is 0.235. The van der Waals surface area contributed by atoms with Gasteiger partial charge in [-0.15, -0.1) is 0 Å². The van der Waals surface area contributed by atoms with Gasteiger partial charge in [-0.05, 0) is 43.5 Å². The molecule has 0 radical (unpaired) electrons. The first kappa shape index (κ1) is 15.7. The zero-order chi connectivity index (χ0) is 16.3. The first-order valence-electron chi connectivity index (χ1n) is 7.54. The van der Waals surface area contributed by atoms with Crippen LogP contribution in [0.1, 0.15) is 17.8 Å². The van der Waals surface area contributed by atoms with Gasteiger partial charge in [0, 0.05) is 6.54 Å². The Morgan fingerprint density at radius 1 is 1.13 bits per heavy atom. The number of aromatic amines is 1.